The number of ether oxygens (including phenoxy) is 2. The van der Waals surface area contributed by atoms with Crippen LogP contribution in [0.25, 0.3) is 21.5 Å². The van der Waals surface area contributed by atoms with E-state index in [1.54, 1.807) is 0 Å². The number of hydrogen-bond donors (Lipinski definition) is 0. The molecule has 3 aromatic rings. The van der Waals surface area contributed by atoms with Gasteiger partial charge in [0, 0.05) is 26.0 Å². The highest BCUT2D eigenvalue weighted by Gasteiger charge is 2.15. The minimum Gasteiger partial charge on any atom is -0.493 e. The Bertz CT molecular complexity index is 796. The van der Waals surface area contributed by atoms with E-state index in [0.29, 0.717) is 13.2 Å². The van der Waals surface area contributed by atoms with E-state index in [1.165, 1.54) is 0 Å². The lowest BCUT2D eigenvalue weighted by Gasteiger charge is -2.17. The molecule has 0 saturated carbocycles. The summed E-state index contributed by atoms with van der Waals surface area (Å²) in [5, 5.41) is 4.35. The van der Waals surface area contributed by atoms with Gasteiger partial charge in [0.25, 0.3) is 0 Å². The molecule has 0 bridgehead atoms. The third-order valence-electron chi connectivity index (χ3n) is 3.46. The third kappa shape index (κ3) is 2.46. The van der Waals surface area contributed by atoms with Crippen LogP contribution in [-0.2, 0) is 0 Å². The Balaban J connectivity index is 2.49. The van der Waals surface area contributed by atoms with Crippen molar-refractivity contribution in [1.82, 2.24) is 0 Å². The molecular formula is C18H17BrO2. The maximum atomic E-state index is 5.94. The van der Waals surface area contributed by atoms with Crippen LogP contribution in [-0.4, -0.2) is 13.2 Å². The van der Waals surface area contributed by atoms with E-state index in [4.69, 9.17) is 9.47 Å². The Labute approximate surface area is 132 Å². The van der Waals surface area contributed by atoms with Crippen LogP contribution in [0.3, 0.4) is 0 Å². The lowest BCUT2D eigenvalue weighted by molar-refractivity contribution is 0.342. The summed E-state index contributed by atoms with van der Waals surface area (Å²) in [7, 11) is 0. The van der Waals surface area contributed by atoms with Gasteiger partial charge in [0.2, 0.25) is 0 Å². The number of rotatable bonds is 4. The average Bonchev–Trinajstić information content (AvgIpc) is 2.50. The zero-order valence-corrected chi connectivity index (χ0v) is 13.7. The molecule has 0 heterocycles. The van der Waals surface area contributed by atoms with Crippen molar-refractivity contribution in [3.63, 3.8) is 0 Å². The predicted molar refractivity (Wildman–Crippen MR) is 91.5 cm³/mol. The number of fused-ring (bicyclic) bond motifs is 2. The SMILES string of the molecule is CCOc1c2ccccc2c(OCC)c2cc(Br)ccc12. The smallest absolute Gasteiger partial charge is 0.135 e. The molecule has 0 radical (unpaired) electrons. The first-order valence-corrected chi connectivity index (χ1v) is 7.95. The van der Waals surface area contributed by atoms with Crippen molar-refractivity contribution in [3.8, 4) is 11.5 Å². The van der Waals surface area contributed by atoms with Gasteiger partial charge in [-0.2, -0.15) is 0 Å². The first kappa shape index (κ1) is 14.2. The number of hydrogen-bond acceptors (Lipinski definition) is 2. The van der Waals surface area contributed by atoms with Crippen molar-refractivity contribution < 1.29 is 9.47 Å². The van der Waals surface area contributed by atoms with Gasteiger partial charge in [-0.15, -0.1) is 0 Å². The normalized spacial score (nSPS) is 11.0. The zero-order valence-electron chi connectivity index (χ0n) is 12.2. The second-order valence-corrected chi connectivity index (χ2v) is 5.68. The quantitative estimate of drug-likeness (QED) is 0.577. The Morgan fingerprint density at radius 3 is 1.86 bits per heavy atom. The Morgan fingerprint density at radius 2 is 1.29 bits per heavy atom. The number of benzene rings is 3. The van der Waals surface area contributed by atoms with Gasteiger partial charge in [0.05, 0.1) is 13.2 Å². The molecule has 0 saturated heterocycles. The predicted octanol–water partition coefficient (Wildman–Crippen LogP) is 5.55. The van der Waals surface area contributed by atoms with Crippen molar-refractivity contribution >= 4 is 37.5 Å². The lowest BCUT2D eigenvalue weighted by Crippen LogP contribution is -1.98. The minimum atomic E-state index is 0.638. The zero-order chi connectivity index (χ0) is 14.8. The largest absolute Gasteiger partial charge is 0.493 e. The molecule has 0 N–H and O–H groups in total. The first-order chi connectivity index (χ1) is 10.3. The van der Waals surface area contributed by atoms with E-state index in [9.17, 15) is 0 Å². The van der Waals surface area contributed by atoms with E-state index in [2.05, 4.69) is 40.2 Å². The van der Waals surface area contributed by atoms with Crippen molar-refractivity contribution in [2.45, 2.75) is 13.8 Å². The van der Waals surface area contributed by atoms with Gasteiger partial charge in [-0.25, -0.2) is 0 Å². The monoisotopic (exact) mass is 344 g/mol. The summed E-state index contributed by atoms with van der Waals surface area (Å²) in [4.78, 5) is 0. The molecule has 0 aliphatic rings. The van der Waals surface area contributed by atoms with Crippen LogP contribution in [0.2, 0.25) is 0 Å². The Kier molecular flexibility index (Phi) is 4.02. The molecular weight excluding hydrogens is 328 g/mol. The second kappa shape index (κ2) is 5.94. The summed E-state index contributed by atoms with van der Waals surface area (Å²) < 4.78 is 12.9. The molecule has 2 nitrogen and oxygen atoms in total. The molecule has 3 heteroatoms. The average molecular weight is 345 g/mol. The van der Waals surface area contributed by atoms with Crippen LogP contribution in [0.1, 0.15) is 13.8 Å². The van der Waals surface area contributed by atoms with E-state index in [1.807, 2.05) is 32.0 Å². The molecule has 0 fully saturated rings. The van der Waals surface area contributed by atoms with Gasteiger partial charge in [-0.3, -0.25) is 0 Å². The molecule has 3 rings (SSSR count). The summed E-state index contributed by atoms with van der Waals surface area (Å²) in [6, 6.07) is 14.5. The van der Waals surface area contributed by atoms with E-state index < -0.39 is 0 Å². The minimum absolute atomic E-state index is 0.638. The van der Waals surface area contributed by atoms with Gasteiger partial charge in [-0.05, 0) is 32.0 Å². The molecule has 0 aromatic heterocycles. The lowest BCUT2D eigenvalue weighted by atomic mass is 10.0. The van der Waals surface area contributed by atoms with Crippen LogP contribution in [0.5, 0.6) is 11.5 Å². The standard InChI is InChI=1S/C18H17BrO2/c1-3-20-17-13-7-5-6-8-14(13)18(21-4-2)16-11-12(19)9-10-15(16)17/h5-11H,3-4H2,1-2H3. The fourth-order valence-corrected chi connectivity index (χ4v) is 3.03. The van der Waals surface area contributed by atoms with Crippen molar-refractivity contribution in [2.75, 3.05) is 13.2 Å². The maximum absolute atomic E-state index is 5.94. The fourth-order valence-electron chi connectivity index (χ4n) is 2.67. The molecule has 0 aliphatic carbocycles. The highest BCUT2D eigenvalue weighted by Crippen LogP contribution is 2.43. The summed E-state index contributed by atoms with van der Waals surface area (Å²) in [5.74, 6) is 1.85. The van der Waals surface area contributed by atoms with E-state index in [0.717, 1.165) is 37.5 Å². The highest BCUT2D eigenvalue weighted by atomic mass is 79.9. The van der Waals surface area contributed by atoms with Gasteiger partial charge < -0.3 is 9.47 Å². The molecule has 21 heavy (non-hydrogen) atoms. The fraction of sp³-hybridized carbons (Fsp3) is 0.222. The van der Waals surface area contributed by atoms with Gasteiger partial charge in [-0.1, -0.05) is 40.2 Å². The highest BCUT2D eigenvalue weighted by molar-refractivity contribution is 9.10. The Morgan fingerprint density at radius 1 is 0.762 bits per heavy atom. The van der Waals surface area contributed by atoms with Crippen molar-refractivity contribution in [1.29, 1.82) is 0 Å². The topological polar surface area (TPSA) is 18.5 Å². The maximum Gasteiger partial charge on any atom is 0.135 e. The molecule has 0 unspecified atom stereocenters. The van der Waals surface area contributed by atoms with Gasteiger partial charge in [0.15, 0.2) is 0 Å². The van der Waals surface area contributed by atoms with Crippen molar-refractivity contribution in [3.05, 3.63) is 46.9 Å². The summed E-state index contributed by atoms with van der Waals surface area (Å²) in [6.07, 6.45) is 0. The van der Waals surface area contributed by atoms with Crippen molar-refractivity contribution in [2.24, 2.45) is 0 Å². The summed E-state index contributed by atoms with van der Waals surface area (Å²) >= 11 is 3.55. The Hall–Kier alpha value is -1.74. The molecule has 0 atom stereocenters. The third-order valence-corrected chi connectivity index (χ3v) is 3.96. The summed E-state index contributed by atoms with van der Waals surface area (Å²) in [6.45, 7) is 5.30. The van der Waals surface area contributed by atoms with Gasteiger partial charge in [0.1, 0.15) is 11.5 Å². The van der Waals surface area contributed by atoms with Crippen LogP contribution < -0.4 is 9.47 Å². The van der Waals surface area contributed by atoms with E-state index in [-0.39, 0.29) is 0 Å². The van der Waals surface area contributed by atoms with Crippen LogP contribution in [0.4, 0.5) is 0 Å². The molecule has 108 valence electrons. The van der Waals surface area contributed by atoms with E-state index >= 15 is 0 Å². The van der Waals surface area contributed by atoms with Crippen LogP contribution in [0.15, 0.2) is 46.9 Å². The summed E-state index contributed by atoms with van der Waals surface area (Å²) in [5.41, 5.74) is 0. The van der Waals surface area contributed by atoms with Gasteiger partial charge >= 0.3 is 0 Å². The number of halogens is 1. The molecule has 3 aromatic carbocycles. The van der Waals surface area contributed by atoms with Crippen LogP contribution >= 0.6 is 15.9 Å². The molecule has 0 spiro atoms. The molecule has 0 aliphatic heterocycles. The van der Waals surface area contributed by atoms with Crippen LogP contribution in [0, 0.1) is 0 Å². The second-order valence-electron chi connectivity index (χ2n) is 4.76. The molecule has 0 amide bonds. The first-order valence-electron chi connectivity index (χ1n) is 7.15.